The van der Waals surface area contributed by atoms with Gasteiger partial charge in [-0.25, -0.2) is 0 Å². The van der Waals surface area contributed by atoms with Crippen LogP contribution in [0.2, 0.25) is 5.02 Å². The maximum Gasteiger partial charge on any atom is 0.229 e. The summed E-state index contributed by atoms with van der Waals surface area (Å²) < 4.78 is 0. The third-order valence-electron chi connectivity index (χ3n) is 5.18. The summed E-state index contributed by atoms with van der Waals surface area (Å²) in [6.45, 7) is 10.6. The molecule has 0 radical (unpaired) electrons. The van der Waals surface area contributed by atoms with Gasteiger partial charge in [0.2, 0.25) is 11.8 Å². The molecule has 28 heavy (non-hydrogen) atoms. The molecule has 0 aromatic heterocycles. The van der Waals surface area contributed by atoms with Crippen molar-refractivity contribution >= 4 is 34.8 Å². The third kappa shape index (κ3) is 4.07. The van der Waals surface area contributed by atoms with Gasteiger partial charge in [-0.3, -0.25) is 9.59 Å². The van der Waals surface area contributed by atoms with Gasteiger partial charge in [-0.2, -0.15) is 0 Å². The molecule has 1 fully saturated rings. The van der Waals surface area contributed by atoms with Gasteiger partial charge in [0.05, 0.1) is 16.6 Å². The summed E-state index contributed by atoms with van der Waals surface area (Å²) in [4.78, 5) is 27.3. The van der Waals surface area contributed by atoms with Crippen LogP contribution in [0, 0.1) is 19.8 Å². The molecule has 2 aromatic carbocycles. The van der Waals surface area contributed by atoms with Crippen LogP contribution in [-0.4, -0.2) is 18.4 Å². The zero-order valence-corrected chi connectivity index (χ0v) is 17.9. The first-order valence-corrected chi connectivity index (χ1v) is 9.93. The number of anilines is 2. The van der Waals surface area contributed by atoms with Gasteiger partial charge in [-0.05, 0) is 48.1 Å². The molecule has 0 bridgehead atoms. The molecule has 1 atom stereocenters. The van der Waals surface area contributed by atoms with Crippen molar-refractivity contribution in [2.24, 2.45) is 5.92 Å². The van der Waals surface area contributed by atoms with Crippen molar-refractivity contribution in [3.63, 3.8) is 0 Å². The van der Waals surface area contributed by atoms with Crippen LogP contribution >= 0.6 is 11.6 Å². The first kappa shape index (κ1) is 20.4. The molecule has 0 spiro atoms. The lowest BCUT2D eigenvalue weighted by atomic mass is 9.85. The summed E-state index contributed by atoms with van der Waals surface area (Å²) in [5.41, 5.74) is 4.48. The van der Waals surface area contributed by atoms with Gasteiger partial charge in [0, 0.05) is 18.7 Å². The number of nitrogens with zero attached hydrogens (tertiary/aromatic N) is 1. The minimum atomic E-state index is -0.405. The first-order chi connectivity index (χ1) is 13.1. The van der Waals surface area contributed by atoms with Crippen LogP contribution in [0.3, 0.4) is 0 Å². The van der Waals surface area contributed by atoms with Crippen LogP contribution in [0.4, 0.5) is 11.4 Å². The number of benzene rings is 2. The van der Waals surface area contributed by atoms with E-state index in [1.807, 2.05) is 50.2 Å². The summed E-state index contributed by atoms with van der Waals surface area (Å²) in [6.07, 6.45) is 0.201. The average molecular weight is 399 g/mol. The molecule has 148 valence electrons. The van der Waals surface area contributed by atoms with E-state index >= 15 is 0 Å². The summed E-state index contributed by atoms with van der Waals surface area (Å²) in [6, 6.07) is 11.7. The number of aryl methyl sites for hydroxylation is 2. The van der Waals surface area contributed by atoms with Crippen molar-refractivity contribution in [1.82, 2.24) is 0 Å². The van der Waals surface area contributed by atoms with Gasteiger partial charge in [-0.1, -0.05) is 56.6 Å². The molecule has 1 saturated heterocycles. The summed E-state index contributed by atoms with van der Waals surface area (Å²) in [5, 5.41) is 3.45. The highest BCUT2D eigenvalue weighted by Crippen LogP contribution is 2.36. The topological polar surface area (TPSA) is 49.4 Å². The molecule has 1 N–H and O–H groups in total. The van der Waals surface area contributed by atoms with Gasteiger partial charge in [0.15, 0.2) is 0 Å². The number of carbonyl (C=O) groups is 2. The molecule has 1 heterocycles. The summed E-state index contributed by atoms with van der Waals surface area (Å²) >= 11 is 6.32. The van der Waals surface area contributed by atoms with Crippen LogP contribution in [0.25, 0.3) is 0 Å². The van der Waals surface area contributed by atoms with Gasteiger partial charge in [0.1, 0.15) is 0 Å². The van der Waals surface area contributed by atoms with Crippen molar-refractivity contribution in [3.8, 4) is 0 Å². The Bertz CT molecular complexity index is 907. The van der Waals surface area contributed by atoms with Gasteiger partial charge in [0.25, 0.3) is 0 Å². The van der Waals surface area contributed by atoms with E-state index < -0.39 is 5.92 Å². The Morgan fingerprint density at radius 1 is 1.18 bits per heavy atom. The molecule has 0 aliphatic carbocycles. The van der Waals surface area contributed by atoms with Gasteiger partial charge >= 0.3 is 0 Å². The number of hydrogen-bond donors (Lipinski definition) is 1. The minimum absolute atomic E-state index is 0.0245. The molecular weight excluding hydrogens is 372 g/mol. The second kappa shape index (κ2) is 7.59. The van der Waals surface area contributed by atoms with Crippen molar-refractivity contribution in [1.29, 1.82) is 0 Å². The van der Waals surface area contributed by atoms with E-state index in [4.69, 9.17) is 11.6 Å². The first-order valence-electron chi connectivity index (χ1n) is 9.55. The van der Waals surface area contributed by atoms with Crippen molar-refractivity contribution < 1.29 is 9.59 Å². The van der Waals surface area contributed by atoms with Gasteiger partial charge in [-0.15, -0.1) is 0 Å². The van der Waals surface area contributed by atoms with Crippen LogP contribution in [0.5, 0.6) is 0 Å². The lowest BCUT2D eigenvalue weighted by Crippen LogP contribution is -2.30. The number of para-hydroxylation sites is 1. The number of halogens is 1. The predicted octanol–water partition coefficient (Wildman–Crippen LogP) is 5.25. The van der Waals surface area contributed by atoms with Crippen LogP contribution in [0.15, 0.2) is 36.4 Å². The fourth-order valence-corrected chi connectivity index (χ4v) is 4.13. The van der Waals surface area contributed by atoms with Crippen molar-refractivity contribution in [3.05, 3.63) is 58.1 Å². The van der Waals surface area contributed by atoms with Crippen LogP contribution in [-0.2, 0) is 15.0 Å². The van der Waals surface area contributed by atoms with E-state index in [-0.39, 0.29) is 23.7 Å². The Morgan fingerprint density at radius 3 is 2.50 bits per heavy atom. The fourth-order valence-electron chi connectivity index (χ4n) is 3.76. The highest BCUT2D eigenvalue weighted by atomic mass is 35.5. The number of nitrogens with one attached hydrogen (secondary N) is 1. The van der Waals surface area contributed by atoms with E-state index in [9.17, 15) is 9.59 Å². The standard InChI is InChI=1S/C23H27ClN2O2/c1-14-10-15(2)21(18(24)11-14)25-22(28)16-12-20(27)26(13-16)19-9-7-6-8-17(19)23(3,4)5/h6-11,16H,12-13H2,1-5H3,(H,25,28). The third-order valence-corrected chi connectivity index (χ3v) is 5.48. The van der Waals surface area contributed by atoms with Gasteiger partial charge < -0.3 is 10.2 Å². The van der Waals surface area contributed by atoms with E-state index in [1.165, 1.54) is 0 Å². The normalized spacial score (nSPS) is 17.1. The second-order valence-electron chi connectivity index (χ2n) is 8.60. The molecule has 0 saturated carbocycles. The molecule has 1 aliphatic rings. The van der Waals surface area contributed by atoms with Crippen LogP contribution in [0.1, 0.15) is 43.9 Å². The minimum Gasteiger partial charge on any atom is -0.324 e. The molecule has 3 rings (SSSR count). The quantitative estimate of drug-likeness (QED) is 0.767. The number of hydrogen-bond acceptors (Lipinski definition) is 2. The van der Waals surface area contributed by atoms with E-state index in [1.54, 1.807) is 4.90 Å². The maximum absolute atomic E-state index is 12.9. The highest BCUT2D eigenvalue weighted by Gasteiger charge is 2.37. The van der Waals surface area contributed by atoms with E-state index in [0.29, 0.717) is 17.3 Å². The Balaban J connectivity index is 1.82. The summed E-state index contributed by atoms with van der Waals surface area (Å²) in [5.74, 6) is -0.598. The maximum atomic E-state index is 12.9. The lowest BCUT2D eigenvalue weighted by molar-refractivity contribution is -0.122. The molecule has 2 aromatic rings. The van der Waals surface area contributed by atoms with Crippen molar-refractivity contribution in [2.75, 3.05) is 16.8 Å². The second-order valence-corrected chi connectivity index (χ2v) is 9.01. The zero-order valence-electron chi connectivity index (χ0n) is 17.1. The van der Waals surface area contributed by atoms with E-state index in [2.05, 4.69) is 26.1 Å². The molecular formula is C23H27ClN2O2. The fraction of sp³-hybridized carbons (Fsp3) is 0.391. The Labute approximate surface area is 171 Å². The Morgan fingerprint density at radius 2 is 1.86 bits per heavy atom. The highest BCUT2D eigenvalue weighted by molar-refractivity contribution is 6.34. The zero-order chi connectivity index (χ0) is 20.6. The molecule has 2 amide bonds. The summed E-state index contributed by atoms with van der Waals surface area (Å²) in [7, 11) is 0. The largest absolute Gasteiger partial charge is 0.324 e. The van der Waals surface area contributed by atoms with Crippen molar-refractivity contribution in [2.45, 2.75) is 46.5 Å². The average Bonchev–Trinajstić information content (AvgIpc) is 2.99. The molecule has 5 heteroatoms. The number of rotatable bonds is 3. The smallest absolute Gasteiger partial charge is 0.229 e. The predicted molar refractivity (Wildman–Crippen MR) is 115 cm³/mol. The molecule has 4 nitrogen and oxygen atoms in total. The van der Waals surface area contributed by atoms with Crippen LogP contribution < -0.4 is 10.2 Å². The number of carbonyl (C=O) groups excluding carboxylic acids is 2. The van der Waals surface area contributed by atoms with E-state index in [0.717, 1.165) is 22.4 Å². The Hall–Kier alpha value is -2.33. The number of amides is 2. The molecule has 1 aliphatic heterocycles. The lowest BCUT2D eigenvalue weighted by Gasteiger charge is -2.27. The SMILES string of the molecule is Cc1cc(C)c(NC(=O)C2CC(=O)N(c3ccccc3C(C)(C)C)C2)c(Cl)c1. The Kier molecular flexibility index (Phi) is 5.53. The monoisotopic (exact) mass is 398 g/mol. The molecule has 1 unspecified atom stereocenters.